The Bertz CT molecular complexity index is 809. The molecule has 1 aromatic heterocycles. The second-order valence-electron chi connectivity index (χ2n) is 6.83. The number of esters is 2. The molecule has 166 valence electrons. The molecule has 10 nitrogen and oxygen atoms in total. The van der Waals surface area contributed by atoms with Gasteiger partial charge in [-0.15, -0.1) is 11.3 Å². The van der Waals surface area contributed by atoms with Crippen LogP contribution in [0.15, 0.2) is 0 Å². The molecule has 30 heavy (non-hydrogen) atoms. The summed E-state index contributed by atoms with van der Waals surface area (Å²) in [7, 11) is 0. The van der Waals surface area contributed by atoms with Gasteiger partial charge in [-0.3, -0.25) is 5.32 Å². The van der Waals surface area contributed by atoms with Crippen molar-refractivity contribution >= 4 is 40.3 Å². The number of thiophene rings is 1. The first-order valence-electron chi connectivity index (χ1n) is 9.85. The fraction of sp³-hybridized carbons (Fsp3) is 0.579. The molecule has 0 saturated carbocycles. The zero-order valence-corrected chi connectivity index (χ0v) is 18.2. The lowest BCUT2D eigenvalue weighted by Gasteiger charge is -2.32. The maximum atomic E-state index is 12.8. The van der Waals surface area contributed by atoms with E-state index >= 15 is 0 Å². The Kier molecular flexibility index (Phi) is 8.46. The SMILES string of the molecule is CCOC(=O)c1sc(NC(=O)N2CCC[C@@H](CNC(N)=O)C2)c(C(=O)OCC)c1C. The number of rotatable bonds is 7. The summed E-state index contributed by atoms with van der Waals surface area (Å²) >= 11 is 0.988. The Balaban J connectivity index is 2.20. The number of urea groups is 2. The quantitative estimate of drug-likeness (QED) is 0.556. The van der Waals surface area contributed by atoms with Gasteiger partial charge in [0, 0.05) is 19.6 Å². The topological polar surface area (TPSA) is 140 Å². The number of piperidine rings is 1. The van der Waals surface area contributed by atoms with Crippen molar-refractivity contribution in [3.05, 3.63) is 16.0 Å². The molecule has 2 rings (SSSR count). The number of anilines is 1. The zero-order valence-electron chi connectivity index (χ0n) is 17.4. The molecular weight excluding hydrogens is 412 g/mol. The second-order valence-corrected chi connectivity index (χ2v) is 7.85. The number of carbonyl (C=O) groups is 4. The van der Waals surface area contributed by atoms with Crippen molar-refractivity contribution in [3.8, 4) is 0 Å². The number of nitrogens with zero attached hydrogens (tertiary/aromatic N) is 1. The third kappa shape index (κ3) is 5.85. The number of ether oxygens (including phenoxy) is 2. The monoisotopic (exact) mass is 440 g/mol. The highest BCUT2D eigenvalue weighted by Gasteiger charge is 2.29. The number of nitrogens with one attached hydrogen (secondary N) is 2. The molecule has 4 amide bonds. The zero-order chi connectivity index (χ0) is 22.3. The van der Waals surface area contributed by atoms with Crippen LogP contribution in [0.25, 0.3) is 0 Å². The van der Waals surface area contributed by atoms with Gasteiger partial charge in [0.1, 0.15) is 9.88 Å². The van der Waals surface area contributed by atoms with Crippen molar-refractivity contribution in [2.45, 2.75) is 33.6 Å². The maximum Gasteiger partial charge on any atom is 0.348 e. The van der Waals surface area contributed by atoms with E-state index in [2.05, 4.69) is 10.6 Å². The number of primary amides is 1. The average molecular weight is 441 g/mol. The first-order valence-corrected chi connectivity index (χ1v) is 10.7. The van der Waals surface area contributed by atoms with Crippen LogP contribution in [-0.4, -0.2) is 61.7 Å². The van der Waals surface area contributed by atoms with Crippen LogP contribution in [0, 0.1) is 12.8 Å². The number of nitrogens with two attached hydrogens (primary N) is 1. The fourth-order valence-electron chi connectivity index (χ4n) is 3.28. The minimum atomic E-state index is -0.612. The lowest BCUT2D eigenvalue weighted by molar-refractivity contribution is 0.0527. The Hall–Kier alpha value is -2.82. The molecule has 0 aliphatic carbocycles. The third-order valence-electron chi connectivity index (χ3n) is 4.68. The molecule has 0 bridgehead atoms. The number of hydrogen-bond acceptors (Lipinski definition) is 7. The van der Waals surface area contributed by atoms with Gasteiger partial charge in [0.15, 0.2) is 0 Å². The van der Waals surface area contributed by atoms with Gasteiger partial charge in [0.2, 0.25) is 0 Å². The van der Waals surface area contributed by atoms with Gasteiger partial charge in [0.05, 0.1) is 18.8 Å². The molecule has 1 aliphatic heterocycles. The molecular formula is C19H28N4O6S. The summed E-state index contributed by atoms with van der Waals surface area (Å²) in [4.78, 5) is 50.3. The predicted molar refractivity (Wildman–Crippen MR) is 112 cm³/mol. The minimum Gasteiger partial charge on any atom is -0.462 e. The normalized spacial score (nSPS) is 16.0. The van der Waals surface area contributed by atoms with Crippen LogP contribution in [0.2, 0.25) is 0 Å². The van der Waals surface area contributed by atoms with Gasteiger partial charge in [-0.1, -0.05) is 0 Å². The number of carbonyl (C=O) groups excluding carboxylic acids is 4. The molecule has 11 heteroatoms. The van der Waals surface area contributed by atoms with E-state index in [0.29, 0.717) is 25.2 Å². The van der Waals surface area contributed by atoms with Gasteiger partial charge in [-0.2, -0.15) is 0 Å². The maximum absolute atomic E-state index is 12.8. The molecule has 0 aromatic carbocycles. The molecule has 1 aliphatic rings. The Morgan fingerprint density at radius 3 is 2.47 bits per heavy atom. The van der Waals surface area contributed by atoms with Crippen molar-refractivity contribution in [1.82, 2.24) is 10.2 Å². The molecule has 0 spiro atoms. The van der Waals surface area contributed by atoms with E-state index in [1.54, 1.807) is 25.7 Å². The van der Waals surface area contributed by atoms with Crippen molar-refractivity contribution in [1.29, 1.82) is 0 Å². The van der Waals surface area contributed by atoms with Crippen molar-refractivity contribution in [2.24, 2.45) is 11.7 Å². The largest absolute Gasteiger partial charge is 0.462 e. The lowest BCUT2D eigenvalue weighted by atomic mass is 9.98. The average Bonchev–Trinajstić information content (AvgIpc) is 3.03. The van der Waals surface area contributed by atoms with Gasteiger partial charge >= 0.3 is 24.0 Å². The number of likely N-dealkylation sites (tertiary alicyclic amines) is 1. The van der Waals surface area contributed by atoms with E-state index in [4.69, 9.17) is 15.2 Å². The van der Waals surface area contributed by atoms with Crippen LogP contribution in [0.5, 0.6) is 0 Å². The molecule has 1 atom stereocenters. The summed E-state index contributed by atoms with van der Waals surface area (Å²) in [6.07, 6.45) is 1.64. The van der Waals surface area contributed by atoms with E-state index in [9.17, 15) is 19.2 Å². The van der Waals surface area contributed by atoms with Crippen LogP contribution in [0.3, 0.4) is 0 Å². The van der Waals surface area contributed by atoms with Gasteiger partial charge in [0.25, 0.3) is 0 Å². The highest BCUT2D eigenvalue weighted by Crippen LogP contribution is 2.34. The van der Waals surface area contributed by atoms with Crippen LogP contribution in [-0.2, 0) is 9.47 Å². The fourth-order valence-corrected chi connectivity index (χ4v) is 4.36. The van der Waals surface area contributed by atoms with Gasteiger partial charge in [-0.25, -0.2) is 19.2 Å². The molecule has 0 unspecified atom stereocenters. The number of hydrogen-bond donors (Lipinski definition) is 3. The highest BCUT2D eigenvalue weighted by molar-refractivity contribution is 7.18. The number of amides is 4. The molecule has 0 radical (unpaired) electrons. The Morgan fingerprint density at radius 2 is 1.83 bits per heavy atom. The highest BCUT2D eigenvalue weighted by atomic mass is 32.1. The van der Waals surface area contributed by atoms with Crippen LogP contribution in [0.1, 0.15) is 52.3 Å². The first kappa shape index (κ1) is 23.5. The van der Waals surface area contributed by atoms with Crippen LogP contribution < -0.4 is 16.4 Å². The summed E-state index contributed by atoms with van der Waals surface area (Å²) in [6, 6.07) is -0.989. The van der Waals surface area contributed by atoms with E-state index in [-0.39, 0.29) is 40.6 Å². The van der Waals surface area contributed by atoms with E-state index < -0.39 is 18.0 Å². The van der Waals surface area contributed by atoms with Crippen LogP contribution >= 0.6 is 11.3 Å². The molecule has 1 saturated heterocycles. The summed E-state index contributed by atoms with van der Waals surface area (Å²) < 4.78 is 10.1. The first-order chi connectivity index (χ1) is 14.3. The van der Waals surface area contributed by atoms with Crippen molar-refractivity contribution in [3.63, 3.8) is 0 Å². The van der Waals surface area contributed by atoms with Gasteiger partial charge in [-0.05, 0) is 45.1 Å². The second kappa shape index (κ2) is 10.8. The summed E-state index contributed by atoms with van der Waals surface area (Å²) in [6.45, 7) is 6.72. The lowest BCUT2D eigenvalue weighted by Crippen LogP contribution is -2.46. The van der Waals surface area contributed by atoms with E-state index in [0.717, 1.165) is 24.2 Å². The van der Waals surface area contributed by atoms with E-state index in [1.165, 1.54) is 0 Å². The van der Waals surface area contributed by atoms with E-state index in [1.807, 2.05) is 0 Å². The summed E-state index contributed by atoms with van der Waals surface area (Å²) in [5.41, 5.74) is 5.68. The van der Waals surface area contributed by atoms with Crippen LogP contribution in [0.4, 0.5) is 14.6 Å². The standard InChI is InChI=1S/C19H28N4O6S/c1-4-28-16(24)13-11(3)14(17(25)29-5-2)30-15(13)22-19(27)23-8-6-7-12(10-23)9-21-18(20)26/h12H,4-10H2,1-3H3,(H,22,27)(H3,20,21,26)/t12-/m0/s1. The molecule has 1 aromatic rings. The predicted octanol–water partition coefficient (Wildman–Crippen LogP) is 2.32. The third-order valence-corrected chi connectivity index (χ3v) is 5.87. The molecule has 4 N–H and O–H groups in total. The minimum absolute atomic E-state index is 0.0849. The smallest absolute Gasteiger partial charge is 0.348 e. The summed E-state index contributed by atoms with van der Waals surface area (Å²) in [5, 5.41) is 5.56. The Labute approximate surface area is 179 Å². The van der Waals surface area contributed by atoms with Gasteiger partial charge < -0.3 is 25.4 Å². The molecule has 2 heterocycles. The molecule has 1 fully saturated rings. The van der Waals surface area contributed by atoms with Crippen molar-refractivity contribution < 1.29 is 28.7 Å². The Morgan fingerprint density at radius 1 is 1.17 bits per heavy atom. The summed E-state index contributed by atoms with van der Waals surface area (Å²) in [5.74, 6) is -1.08. The van der Waals surface area contributed by atoms with Crippen molar-refractivity contribution in [2.75, 3.05) is 38.2 Å².